The van der Waals surface area contributed by atoms with Gasteiger partial charge >= 0.3 is 0 Å². The van der Waals surface area contributed by atoms with Crippen LogP contribution in [0.2, 0.25) is 0 Å². The van der Waals surface area contributed by atoms with E-state index >= 15 is 0 Å². The van der Waals surface area contributed by atoms with Crippen molar-refractivity contribution < 1.29 is 4.79 Å². The zero-order chi connectivity index (χ0) is 10.8. The third-order valence-electron chi connectivity index (χ3n) is 6.02. The zero-order valence-electron chi connectivity index (χ0n) is 10.2. The normalized spacial score (nSPS) is 51.9. The maximum Gasteiger partial charge on any atom is 0.133 e. The van der Waals surface area contributed by atoms with Crippen LogP contribution in [0.15, 0.2) is 0 Å². The maximum atomic E-state index is 11.6. The second-order valence-electron chi connectivity index (χ2n) is 6.85. The number of Topliss-reactive ketones (excluding diaryl/α,β-unsaturated/α-hetero) is 1. The van der Waals surface area contributed by atoms with Crippen molar-refractivity contribution in [2.45, 2.75) is 52.9 Å². The van der Waals surface area contributed by atoms with Gasteiger partial charge in [0.15, 0.2) is 0 Å². The summed E-state index contributed by atoms with van der Waals surface area (Å²) in [6, 6.07) is 0. The molecule has 0 aromatic heterocycles. The summed E-state index contributed by atoms with van der Waals surface area (Å²) >= 11 is 0. The molecule has 0 aromatic carbocycles. The highest BCUT2D eigenvalue weighted by Crippen LogP contribution is 2.76. The average molecular weight is 206 g/mol. The second-order valence-corrected chi connectivity index (χ2v) is 6.85. The molecule has 3 saturated carbocycles. The van der Waals surface area contributed by atoms with Crippen LogP contribution in [0, 0.1) is 28.6 Å². The SMILES string of the molecule is C[C@@H]1C(C)(C)CCC[C@@H]2[C@H]3CC(=O)C[C@]231. The fraction of sp³-hybridized carbons (Fsp3) is 0.929. The van der Waals surface area contributed by atoms with Crippen molar-refractivity contribution in [3.8, 4) is 0 Å². The Balaban J connectivity index is 1.96. The molecular weight excluding hydrogens is 184 g/mol. The van der Waals surface area contributed by atoms with Gasteiger partial charge in [0.2, 0.25) is 0 Å². The minimum Gasteiger partial charge on any atom is -0.300 e. The van der Waals surface area contributed by atoms with Crippen molar-refractivity contribution in [1.82, 2.24) is 0 Å². The fourth-order valence-electron chi connectivity index (χ4n) is 4.87. The summed E-state index contributed by atoms with van der Waals surface area (Å²) in [4.78, 5) is 11.6. The van der Waals surface area contributed by atoms with Crippen molar-refractivity contribution in [2.24, 2.45) is 28.6 Å². The van der Waals surface area contributed by atoms with E-state index in [-0.39, 0.29) is 0 Å². The van der Waals surface area contributed by atoms with Gasteiger partial charge in [0.25, 0.3) is 0 Å². The minimum absolute atomic E-state index is 0.452. The lowest BCUT2D eigenvalue weighted by molar-refractivity contribution is -0.119. The zero-order valence-corrected chi connectivity index (χ0v) is 10.2. The summed E-state index contributed by atoms with van der Waals surface area (Å²) in [5.41, 5.74) is 0.908. The van der Waals surface area contributed by atoms with Gasteiger partial charge in [-0.1, -0.05) is 27.2 Å². The van der Waals surface area contributed by atoms with Crippen molar-refractivity contribution in [2.75, 3.05) is 0 Å². The van der Waals surface area contributed by atoms with E-state index in [9.17, 15) is 4.79 Å². The van der Waals surface area contributed by atoms with E-state index in [1.807, 2.05) is 0 Å². The largest absolute Gasteiger partial charge is 0.300 e. The molecule has 4 atom stereocenters. The lowest BCUT2D eigenvalue weighted by Crippen LogP contribution is -2.29. The molecule has 0 saturated heterocycles. The number of carbonyl (C=O) groups is 1. The van der Waals surface area contributed by atoms with E-state index in [4.69, 9.17) is 0 Å². The van der Waals surface area contributed by atoms with E-state index in [1.165, 1.54) is 19.3 Å². The van der Waals surface area contributed by atoms with Crippen molar-refractivity contribution in [3.05, 3.63) is 0 Å². The summed E-state index contributed by atoms with van der Waals surface area (Å²) in [6.45, 7) is 7.23. The van der Waals surface area contributed by atoms with Crippen LogP contribution in [0.5, 0.6) is 0 Å². The standard InChI is InChI=1S/C14H22O/c1-9-13(2,3)6-4-5-11-12-7-10(15)8-14(9,11)12/h9,11-12H,4-8H2,1-3H3/t9-,11-,12-,14+/m1/s1. The van der Waals surface area contributed by atoms with E-state index in [2.05, 4.69) is 20.8 Å². The van der Waals surface area contributed by atoms with E-state index in [1.54, 1.807) is 0 Å². The van der Waals surface area contributed by atoms with Gasteiger partial charge < -0.3 is 0 Å². The summed E-state index contributed by atoms with van der Waals surface area (Å²) in [5, 5.41) is 0. The van der Waals surface area contributed by atoms with Crippen LogP contribution in [0.3, 0.4) is 0 Å². The Bertz CT molecular complexity index is 317. The molecule has 0 radical (unpaired) electrons. The molecule has 0 aromatic rings. The molecule has 15 heavy (non-hydrogen) atoms. The molecule has 3 aliphatic rings. The van der Waals surface area contributed by atoms with Crippen LogP contribution in [0.25, 0.3) is 0 Å². The molecule has 3 rings (SSSR count). The molecule has 3 aliphatic carbocycles. The first kappa shape index (κ1) is 9.86. The number of hydrogen-bond acceptors (Lipinski definition) is 1. The summed E-state index contributed by atoms with van der Waals surface area (Å²) in [5.74, 6) is 2.97. The first-order valence-corrected chi connectivity index (χ1v) is 6.50. The van der Waals surface area contributed by atoms with E-state index in [0.29, 0.717) is 16.6 Å². The van der Waals surface area contributed by atoms with Crippen molar-refractivity contribution in [3.63, 3.8) is 0 Å². The topological polar surface area (TPSA) is 17.1 Å². The first-order valence-electron chi connectivity index (χ1n) is 6.50. The Hall–Kier alpha value is -0.330. The fourth-order valence-corrected chi connectivity index (χ4v) is 4.87. The van der Waals surface area contributed by atoms with Gasteiger partial charge in [0.1, 0.15) is 5.78 Å². The van der Waals surface area contributed by atoms with Crippen LogP contribution in [0.1, 0.15) is 52.9 Å². The van der Waals surface area contributed by atoms with Gasteiger partial charge in [-0.05, 0) is 41.4 Å². The Morgan fingerprint density at radius 2 is 2.00 bits per heavy atom. The average Bonchev–Trinajstić information content (AvgIpc) is 2.62. The quantitative estimate of drug-likeness (QED) is 0.593. The molecule has 0 amide bonds. The lowest BCUT2D eigenvalue weighted by atomic mass is 9.68. The van der Waals surface area contributed by atoms with Crippen LogP contribution >= 0.6 is 0 Å². The Kier molecular flexibility index (Phi) is 1.76. The number of hydrogen-bond donors (Lipinski definition) is 0. The van der Waals surface area contributed by atoms with Crippen LogP contribution in [-0.4, -0.2) is 5.78 Å². The molecule has 0 bridgehead atoms. The molecule has 0 aliphatic heterocycles. The monoisotopic (exact) mass is 206 g/mol. The lowest BCUT2D eigenvalue weighted by Gasteiger charge is -2.36. The Morgan fingerprint density at radius 3 is 2.73 bits per heavy atom. The molecule has 0 unspecified atom stereocenters. The first-order chi connectivity index (χ1) is 6.98. The molecule has 84 valence electrons. The third kappa shape index (κ3) is 1.07. The predicted molar refractivity (Wildman–Crippen MR) is 60.5 cm³/mol. The number of ketones is 1. The number of carbonyl (C=O) groups excluding carboxylic acids is 1. The van der Waals surface area contributed by atoms with E-state index in [0.717, 1.165) is 30.6 Å². The van der Waals surface area contributed by atoms with Gasteiger partial charge in [-0.15, -0.1) is 0 Å². The van der Waals surface area contributed by atoms with Gasteiger partial charge in [-0.2, -0.15) is 0 Å². The Labute approximate surface area is 92.6 Å². The summed E-state index contributed by atoms with van der Waals surface area (Å²) in [6.07, 6.45) is 5.95. The molecule has 0 heterocycles. The third-order valence-corrected chi connectivity index (χ3v) is 6.02. The van der Waals surface area contributed by atoms with Crippen LogP contribution in [0.4, 0.5) is 0 Å². The minimum atomic E-state index is 0.452. The van der Waals surface area contributed by atoms with Crippen molar-refractivity contribution >= 4 is 5.78 Å². The van der Waals surface area contributed by atoms with Gasteiger partial charge in [0, 0.05) is 12.8 Å². The van der Waals surface area contributed by atoms with Crippen LogP contribution < -0.4 is 0 Å². The highest BCUT2D eigenvalue weighted by molar-refractivity contribution is 5.84. The predicted octanol–water partition coefficient (Wildman–Crippen LogP) is 3.43. The smallest absolute Gasteiger partial charge is 0.133 e. The number of rotatable bonds is 0. The van der Waals surface area contributed by atoms with Gasteiger partial charge in [-0.25, -0.2) is 0 Å². The summed E-state index contributed by atoms with van der Waals surface area (Å²) < 4.78 is 0. The Morgan fingerprint density at radius 1 is 1.27 bits per heavy atom. The van der Waals surface area contributed by atoms with Gasteiger partial charge in [-0.3, -0.25) is 4.79 Å². The molecule has 1 nitrogen and oxygen atoms in total. The molecule has 0 N–H and O–H groups in total. The van der Waals surface area contributed by atoms with Crippen LogP contribution in [-0.2, 0) is 4.79 Å². The maximum absolute atomic E-state index is 11.6. The highest BCUT2D eigenvalue weighted by Gasteiger charge is 2.72. The van der Waals surface area contributed by atoms with Crippen molar-refractivity contribution in [1.29, 1.82) is 0 Å². The summed E-state index contributed by atoms with van der Waals surface area (Å²) in [7, 11) is 0. The second kappa shape index (κ2) is 2.67. The molecule has 1 heteroatoms. The molecule has 3 fully saturated rings. The molecule has 1 spiro atoms. The highest BCUT2D eigenvalue weighted by atomic mass is 16.1. The van der Waals surface area contributed by atoms with E-state index < -0.39 is 0 Å². The molecular formula is C14H22O. The number of fused-ring (bicyclic) bond motifs is 1. The van der Waals surface area contributed by atoms with Gasteiger partial charge in [0.05, 0.1) is 0 Å².